The minimum Gasteiger partial charge on any atom is -0.445 e. The molecule has 0 atom stereocenters. The fourth-order valence-corrected chi connectivity index (χ4v) is 1.09. The van der Waals surface area contributed by atoms with Gasteiger partial charge in [-0.3, -0.25) is 4.79 Å². The van der Waals surface area contributed by atoms with Crippen LogP contribution in [0.2, 0.25) is 0 Å². The SMILES string of the molecule is Cc1cc2c(=O)cc[nH]c2o1.O=C=O. The number of hydrogen-bond donors (Lipinski definition) is 1. The number of pyridine rings is 1. The molecule has 0 amide bonds. The third-order valence-electron chi connectivity index (χ3n) is 1.57. The van der Waals surface area contributed by atoms with Crippen LogP contribution < -0.4 is 5.43 Å². The Morgan fingerprint density at radius 2 is 2.07 bits per heavy atom. The molecule has 0 bridgehead atoms. The number of hydrogen-bond acceptors (Lipinski definition) is 4. The summed E-state index contributed by atoms with van der Waals surface area (Å²) in [7, 11) is 0. The maximum absolute atomic E-state index is 11.1. The van der Waals surface area contributed by atoms with Crippen LogP contribution in [0.1, 0.15) is 5.76 Å². The van der Waals surface area contributed by atoms with E-state index < -0.39 is 0 Å². The molecule has 0 spiro atoms. The zero-order valence-corrected chi connectivity index (χ0v) is 7.37. The normalized spacial score (nSPS) is 8.93. The molecule has 0 saturated carbocycles. The van der Waals surface area contributed by atoms with Crippen molar-refractivity contribution < 1.29 is 14.0 Å². The van der Waals surface area contributed by atoms with Crippen molar-refractivity contribution in [2.75, 3.05) is 0 Å². The van der Waals surface area contributed by atoms with Gasteiger partial charge in [-0.05, 0) is 13.0 Å². The van der Waals surface area contributed by atoms with E-state index in [-0.39, 0.29) is 11.6 Å². The van der Waals surface area contributed by atoms with E-state index in [0.29, 0.717) is 11.1 Å². The van der Waals surface area contributed by atoms with E-state index in [4.69, 9.17) is 14.0 Å². The summed E-state index contributed by atoms with van der Waals surface area (Å²) in [5.74, 6) is 0.750. The molecule has 0 unspecified atom stereocenters. The third kappa shape index (κ3) is 1.97. The summed E-state index contributed by atoms with van der Waals surface area (Å²) in [5, 5.41) is 0.616. The van der Waals surface area contributed by atoms with Gasteiger partial charge in [-0.2, -0.15) is 9.59 Å². The molecule has 14 heavy (non-hydrogen) atoms. The number of aromatic amines is 1. The highest BCUT2D eigenvalue weighted by Crippen LogP contribution is 2.11. The zero-order chi connectivity index (χ0) is 10.6. The van der Waals surface area contributed by atoms with Gasteiger partial charge in [0.2, 0.25) is 5.71 Å². The minimum absolute atomic E-state index is 0.00407. The fourth-order valence-electron chi connectivity index (χ4n) is 1.09. The third-order valence-corrected chi connectivity index (χ3v) is 1.57. The topological polar surface area (TPSA) is 80.1 Å². The Hall–Kier alpha value is -2.13. The maximum atomic E-state index is 11.1. The molecule has 0 aliphatic heterocycles. The molecule has 0 radical (unpaired) electrons. The lowest BCUT2D eigenvalue weighted by molar-refractivity contribution is -0.191. The second-order valence-corrected chi connectivity index (χ2v) is 2.53. The molecule has 1 N–H and O–H groups in total. The highest BCUT2D eigenvalue weighted by molar-refractivity contribution is 5.73. The van der Waals surface area contributed by atoms with Crippen LogP contribution in [-0.2, 0) is 9.59 Å². The molecule has 0 aliphatic rings. The van der Waals surface area contributed by atoms with Crippen molar-refractivity contribution in [3.63, 3.8) is 0 Å². The van der Waals surface area contributed by atoms with Crippen LogP contribution in [-0.4, -0.2) is 11.1 Å². The molecule has 72 valence electrons. The van der Waals surface area contributed by atoms with Crippen molar-refractivity contribution in [3.05, 3.63) is 34.3 Å². The molecular weight excluding hydrogens is 186 g/mol. The molecule has 0 aliphatic carbocycles. The van der Waals surface area contributed by atoms with Crippen LogP contribution in [0.5, 0.6) is 0 Å². The van der Waals surface area contributed by atoms with Crippen LogP contribution >= 0.6 is 0 Å². The Morgan fingerprint density at radius 1 is 1.43 bits per heavy atom. The number of nitrogens with one attached hydrogen (secondary N) is 1. The van der Waals surface area contributed by atoms with E-state index in [2.05, 4.69) is 4.98 Å². The van der Waals surface area contributed by atoms with Crippen LogP contribution in [0.4, 0.5) is 0 Å². The van der Waals surface area contributed by atoms with Crippen LogP contribution in [0.3, 0.4) is 0 Å². The van der Waals surface area contributed by atoms with Gasteiger partial charge in [0.05, 0.1) is 5.39 Å². The van der Waals surface area contributed by atoms with Gasteiger partial charge in [0.25, 0.3) is 0 Å². The van der Waals surface area contributed by atoms with Gasteiger partial charge in [0, 0.05) is 12.3 Å². The van der Waals surface area contributed by atoms with Gasteiger partial charge < -0.3 is 9.40 Å². The van der Waals surface area contributed by atoms with E-state index >= 15 is 0 Å². The average molecular weight is 193 g/mol. The molecule has 5 nitrogen and oxygen atoms in total. The monoisotopic (exact) mass is 193 g/mol. The van der Waals surface area contributed by atoms with Gasteiger partial charge in [0.1, 0.15) is 5.76 Å². The summed E-state index contributed by atoms with van der Waals surface area (Å²) in [6.07, 6.45) is 1.83. The predicted octanol–water partition coefficient (Wildman–Crippen LogP) is 0.846. The summed E-state index contributed by atoms with van der Waals surface area (Å²) >= 11 is 0. The Bertz CT molecular complexity index is 517. The Balaban J connectivity index is 0.000000293. The van der Waals surface area contributed by atoms with Crippen molar-refractivity contribution in [2.45, 2.75) is 6.92 Å². The molecular formula is C9H7NO4. The number of fused-ring (bicyclic) bond motifs is 1. The minimum atomic E-state index is -0.00407. The smallest absolute Gasteiger partial charge is 0.373 e. The van der Waals surface area contributed by atoms with Crippen LogP contribution in [0.15, 0.2) is 27.5 Å². The molecule has 2 heterocycles. The molecule has 2 aromatic rings. The van der Waals surface area contributed by atoms with Crippen LogP contribution in [0.25, 0.3) is 11.1 Å². The van der Waals surface area contributed by atoms with Crippen molar-refractivity contribution in [1.82, 2.24) is 4.98 Å². The Kier molecular flexibility index (Phi) is 2.99. The first kappa shape index (κ1) is 9.95. The summed E-state index contributed by atoms with van der Waals surface area (Å²) in [6.45, 7) is 1.81. The van der Waals surface area contributed by atoms with E-state index in [1.54, 1.807) is 12.3 Å². The second-order valence-electron chi connectivity index (χ2n) is 2.53. The number of rotatable bonds is 0. The molecule has 0 fully saturated rings. The van der Waals surface area contributed by atoms with E-state index in [1.807, 2.05) is 6.92 Å². The number of furan rings is 1. The summed E-state index contributed by atoms with van der Waals surface area (Å²) < 4.78 is 5.19. The lowest BCUT2D eigenvalue weighted by atomic mass is 10.3. The Morgan fingerprint density at radius 3 is 2.64 bits per heavy atom. The first-order valence-electron chi connectivity index (χ1n) is 3.76. The van der Waals surface area contributed by atoms with Crippen molar-refractivity contribution >= 4 is 17.3 Å². The first-order chi connectivity index (χ1) is 6.69. The van der Waals surface area contributed by atoms with Gasteiger partial charge in [-0.15, -0.1) is 0 Å². The van der Waals surface area contributed by atoms with Crippen molar-refractivity contribution in [1.29, 1.82) is 0 Å². The number of aromatic nitrogens is 1. The molecule has 2 rings (SSSR count). The van der Waals surface area contributed by atoms with Crippen molar-refractivity contribution in [2.24, 2.45) is 0 Å². The zero-order valence-electron chi connectivity index (χ0n) is 7.37. The van der Waals surface area contributed by atoms with Gasteiger partial charge in [-0.25, -0.2) is 0 Å². The summed E-state index contributed by atoms with van der Waals surface area (Å²) in [6, 6.07) is 3.21. The molecule has 2 aromatic heterocycles. The first-order valence-corrected chi connectivity index (χ1v) is 3.76. The Labute approximate surface area is 78.3 Å². The maximum Gasteiger partial charge on any atom is 0.373 e. The van der Waals surface area contributed by atoms with E-state index in [0.717, 1.165) is 5.76 Å². The quantitative estimate of drug-likeness (QED) is 0.672. The average Bonchev–Trinajstić information content (AvgIpc) is 2.48. The van der Waals surface area contributed by atoms with E-state index in [1.165, 1.54) is 6.07 Å². The van der Waals surface area contributed by atoms with Crippen LogP contribution in [0, 0.1) is 6.92 Å². The molecule has 0 aromatic carbocycles. The largest absolute Gasteiger partial charge is 0.445 e. The number of aryl methyl sites for hydroxylation is 1. The fraction of sp³-hybridized carbons (Fsp3) is 0.111. The highest BCUT2D eigenvalue weighted by atomic mass is 16.3. The predicted molar refractivity (Wildman–Crippen MR) is 46.6 cm³/mol. The molecule has 0 saturated heterocycles. The molecule has 5 heteroatoms. The number of carbonyl (C=O) groups excluding carboxylic acids is 2. The van der Waals surface area contributed by atoms with E-state index in [9.17, 15) is 4.79 Å². The summed E-state index contributed by atoms with van der Waals surface area (Å²) in [5.41, 5.74) is 0.547. The number of H-pyrrole nitrogens is 1. The lowest BCUT2D eigenvalue weighted by Crippen LogP contribution is -1.96. The summed E-state index contributed by atoms with van der Waals surface area (Å²) in [4.78, 5) is 30.2. The van der Waals surface area contributed by atoms with Gasteiger partial charge >= 0.3 is 6.15 Å². The second kappa shape index (κ2) is 4.20. The van der Waals surface area contributed by atoms with Gasteiger partial charge in [0.15, 0.2) is 5.43 Å². The highest BCUT2D eigenvalue weighted by Gasteiger charge is 2.01. The standard InChI is InChI=1S/C8H7NO2.CO2/c1-5-4-6-7(10)2-3-9-8(6)11-5;2-1-3/h2-4H,1H3,(H,9,10);. The van der Waals surface area contributed by atoms with Crippen molar-refractivity contribution in [3.8, 4) is 0 Å². The lowest BCUT2D eigenvalue weighted by Gasteiger charge is -1.83. The van der Waals surface area contributed by atoms with Gasteiger partial charge in [-0.1, -0.05) is 0 Å².